The number of aliphatic hydroxyl groups is 1. The van der Waals surface area contributed by atoms with Crippen molar-refractivity contribution in [1.29, 1.82) is 0 Å². The van der Waals surface area contributed by atoms with Gasteiger partial charge < -0.3 is 9.84 Å². The van der Waals surface area contributed by atoms with Crippen molar-refractivity contribution in [2.24, 2.45) is 5.92 Å². The van der Waals surface area contributed by atoms with Crippen LogP contribution in [0, 0.1) is 5.92 Å². The number of ether oxygens (including phenoxy) is 1. The highest BCUT2D eigenvalue weighted by molar-refractivity contribution is 5.28. The van der Waals surface area contributed by atoms with Crippen LogP contribution < -0.4 is 4.74 Å². The van der Waals surface area contributed by atoms with Crippen LogP contribution in [0.25, 0.3) is 0 Å². The van der Waals surface area contributed by atoms with Crippen LogP contribution in [0.3, 0.4) is 0 Å². The summed E-state index contributed by atoms with van der Waals surface area (Å²) in [5, 5.41) is 13.4. The van der Waals surface area contributed by atoms with Gasteiger partial charge in [0.2, 0.25) is 0 Å². The van der Waals surface area contributed by atoms with Crippen LogP contribution in [-0.2, 0) is 0 Å². The summed E-state index contributed by atoms with van der Waals surface area (Å²) in [6.07, 6.45) is -13.2. The molecular weight excluding hydrogens is 306 g/mol. The summed E-state index contributed by atoms with van der Waals surface area (Å²) < 4.78 is 81.6. The molecule has 0 saturated heterocycles. The topological polar surface area (TPSA) is 47.3 Å². The molecule has 1 unspecified atom stereocenters. The molecule has 1 atom stereocenters. The van der Waals surface area contributed by atoms with Crippen LogP contribution in [0.2, 0.25) is 0 Å². The molecule has 1 rings (SSSR count). The maximum atomic E-state index is 12.7. The third kappa shape index (κ3) is 3.60. The van der Waals surface area contributed by atoms with Gasteiger partial charge in [0.1, 0.15) is 11.8 Å². The highest BCUT2D eigenvalue weighted by atomic mass is 19.4. The standard InChI is InChI=1S/C11H14F6N2O2/c1-5(2)19-7(6(21-3)4-18-19)8(20)9(10(12,13)14)11(15,16)17/h4-5,8-9,20H,1-3H3. The van der Waals surface area contributed by atoms with E-state index in [0.29, 0.717) is 0 Å². The Morgan fingerprint density at radius 1 is 1.14 bits per heavy atom. The molecule has 122 valence electrons. The lowest BCUT2D eigenvalue weighted by Gasteiger charge is -2.28. The van der Waals surface area contributed by atoms with E-state index in [2.05, 4.69) is 5.10 Å². The SMILES string of the molecule is COc1cnn(C(C)C)c1C(O)C(C(F)(F)F)C(F)(F)F. The van der Waals surface area contributed by atoms with E-state index in [-0.39, 0.29) is 5.75 Å². The van der Waals surface area contributed by atoms with Crippen LogP contribution in [0.5, 0.6) is 5.75 Å². The van der Waals surface area contributed by atoms with Gasteiger partial charge in [-0.05, 0) is 13.8 Å². The number of aliphatic hydroxyl groups excluding tert-OH is 1. The van der Waals surface area contributed by atoms with Crippen LogP contribution in [-0.4, -0.2) is 34.3 Å². The smallest absolute Gasteiger partial charge is 0.403 e. The van der Waals surface area contributed by atoms with E-state index < -0.39 is 36.1 Å². The van der Waals surface area contributed by atoms with Crippen molar-refractivity contribution in [2.45, 2.75) is 38.3 Å². The van der Waals surface area contributed by atoms with Crippen molar-refractivity contribution in [3.05, 3.63) is 11.9 Å². The maximum Gasteiger partial charge on any atom is 0.403 e. The lowest BCUT2D eigenvalue weighted by atomic mass is 9.97. The molecule has 0 spiro atoms. The van der Waals surface area contributed by atoms with Crippen molar-refractivity contribution in [3.63, 3.8) is 0 Å². The molecule has 1 N–H and O–H groups in total. The molecule has 0 amide bonds. The summed E-state index contributed by atoms with van der Waals surface area (Å²) in [7, 11) is 1.06. The van der Waals surface area contributed by atoms with Crippen molar-refractivity contribution in [3.8, 4) is 5.75 Å². The van der Waals surface area contributed by atoms with Gasteiger partial charge >= 0.3 is 12.4 Å². The number of methoxy groups -OCH3 is 1. The van der Waals surface area contributed by atoms with Gasteiger partial charge in [-0.3, -0.25) is 4.68 Å². The summed E-state index contributed by atoms with van der Waals surface area (Å²) in [4.78, 5) is 0. The molecule has 0 fully saturated rings. The first kappa shape index (κ1) is 17.6. The molecule has 1 heterocycles. The Morgan fingerprint density at radius 2 is 1.62 bits per heavy atom. The van der Waals surface area contributed by atoms with E-state index in [0.717, 1.165) is 18.0 Å². The first-order valence-corrected chi connectivity index (χ1v) is 5.84. The number of nitrogens with zero attached hydrogens (tertiary/aromatic N) is 2. The molecule has 1 aromatic rings. The Hall–Kier alpha value is -1.45. The largest absolute Gasteiger partial charge is 0.493 e. The molecule has 0 radical (unpaired) electrons. The van der Waals surface area contributed by atoms with Crippen molar-refractivity contribution >= 4 is 0 Å². The summed E-state index contributed by atoms with van der Waals surface area (Å²) in [5.41, 5.74) is -0.660. The second kappa shape index (κ2) is 5.74. The molecule has 10 heteroatoms. The number of alkyl halides is 6. The van der Waals surface area contributed by atoms with E-state index >= 15 is 0 Å². The van der Waals surface area contributed by atoms with Gasteiger partial charge in [0.25, 0.3) is 0 Å². The number of halogens is 6. The van der Waals surface area contributed by atoms with Gasteiger partial charge in [0, 0.05) is 6.04 Å². The fourth-order valence-corrected chi connectivity index (χ4v) is 1.91. The zero-order valence-electron chi connectivity index (χ0n) is 11.3. The molecule has 0 aliphatic rings. The zero-order valence-corrected chi connectivity index (χ0v) is 11.3. The van der Waals surface area contributed by atoms with E-state index in [4.69, 9.17) is 4.74 Å². The van der Waals surface area contributed by atoms with E-state index in [1.54, 1.807) is 0 Å². The molecular formula is C11H14F6N2O2. The van der Waals surface area contributed by atoms with Gasteiger partial charge in [-0.2, -0.15) is 31.4 Å². The average Bonchev–Trinajstić information content (AvgIpc) is 2.67. The highest BCUT2D eigenvalue weighted by Crippen LogP contribution is 2.48. The van der Waals surface area contributed by atoms with Crippen LogP contribution in [0.15, 0.2) is 6.20 Å². The Labute approximate surface area is 116 Å². The zero-order chi connectivity index (χ0) is 16.6. The summed E-state index contributed by atoms with van der Waals surface area (Å²) in [6.45, 7) is 3.00. The fraction of sp³-hybridized carbons (Fsp3) is 0.727. The molecule has 4 nitrogen and oxygen atoms in total. The van der Waals surface area contributed by atoms with Crippen molar-refractivity contribution < 1.29 is 36.2 Å². The Bertz CT molecular complexity index is 466. The average molecular weight is 320 g/mol. The van der Waals surface area contributed by atoms with Crippen LogP contribution in [0.1, 0.15) is 31.7 Å². The minimum Gasteiger partial charge on any atom is -0.493 e. The van der Waals surface area contributed by atoms with Crippen molar-refractivity contribution in [2.75, 3.05) is 7.11 Å². The molecule has 0 aliphatic heterocycles. The first-order chi connectivity index (χ1) is 9.41. The van der Waals surface area contributed by atoms with Gasteiger partial charge in [-0.1, -0.05) is 0 Å². The minimum atomic E-state index is -5.66. The number of rotatable bonds is 4. The lowest BCUT2D eigenvalue weighted by molar-refractivity contribution is -0.308. The molecule has 0 bridgehead atoms. The van der Waals surface area contributed by atoms with Crippen molar-refractivity contribution in [1.82, 2.24) is 9.78 Å². The molecule has 0 aliphatic carbocycles. The van der Waals surface area contributed by atoms with Gasteiger partial charge in [-0.25, -0.2) is 0 Å². The number of hydrogen-bond acceptors (Lipinski definition) is 3. The third-order valence-corrected chi connectivity index (χ3v) is 2.81. The highest BCUT2D eigenvalue weighted by Gasteiger charge is 2.61. The predicted molar refractivity (Wildman–Crippen MR) is 59.7 cm³/mol. The molecule has 0 aromatic carbocycles. The Kier molecular flexibility index (Phi) is 4.81. The Balaban J connectivity index is 3.40. The second-order valence-corrected chi connectivity index (χ2v) is 4.64. The van der Waals surface area contributed by atoms with Crippen LogP contribution in [0.4, 0.5) is 26.3 Å². The van der Waals surface area contributed by atoms with E-state index in [1.807, 2.05) is 0 Å². The second-order valence-electron chi connectivity index (χ2n) is 4.64. The predicted octanol–water partition coefficient (Wildman–Crippen LogP) is 3.25. The Morgan fingerprint density at radius 3 is 1.95 bits per heavy atom. The van der Waals surface area contributed by atoms with E-state index in [9.17, 15) is 31.4 Å². The summed E-state index contributed by atoms with van der Waals surface area (Å²) >= 11 is 0. The quantitative estimate of drug-likeness (QED) is 0.866. The molecule has 21 heavy (non-hydrogen) atoms. The van der Waals surface area contributed by atoms with E-state index in [1.165, 1.54) is 13.8 Å². The van der Waals surface area contributed by atoms with Gasteiger partial charge in [0.15, 0.2) is 11.7 Å². The number of aromatic nitrogens is 2. The summed E-state index contributed by atoms with van der Waals surface area (Å²) in [5.74, 6) is -4.26. The van der Waals surface area contributed by atoms with Gasteiger partial charge in [-0.15, -0.1) is 0 Å². The lowest BCUT2D eigenvalue weighted by Crippen LogP contribution is -2.41. The normalized spacial score (nSPS) is 14.9. The monoisotopic (exact) mass is 320 g/mol. The number of hydrogen-bond donors (Lipinski definition) is 1. The third-order valence-electron chi connectivity index (χ3n) is 2.81. The van der Waals surface area contributed by atoms with Gasteiger partial charge in [0.05, 0.1) is 13.3 Å². The fourth-order valence-electron chi connectivity index (χ4n) is 1.91. The minimum absolute atomic E-state index is 0.338. The molecule has 0 saturated carbocycles. The van der Waals surface area contributed by atoms with Crippen LogP contribution >= 0.6 is 0 Å². The first-order valence-electron chi connectivity index (χ1n) is 5.84. The molecule has 1 aromatic heterocycles. The summed E-state index contributed by atoms with van der Waals surface area (Å²) in [6, 6.07) is -0.555. The maximum absolute atomic E-state index is 12.7.